The second-order valence-electron chi connectivity index (χ2n) is 13.2. The first-order valence-corrected chi connectivity index (χ1v) is 21.3. The van der Waals surface area contributed by atoms with Crippen LogP contribution in [-0.4, -0.2) is 40.0 Å². The number of para-hydroxylation sites is 1. The van der Waals surface area contributed by atoms with Gasteiger partial charge in [0.25, 0.3) is 0 Å². The summed E-state index contributed by atoms with van der Waals surface area (Å²) in [6.45, 7) is 10.5. The van der Waals surface area contributed by atoms with Gasteiger partial charge in [-0.2, -0.15) is 8.42 Å². The highest BCUT2D eigenvalue weighted by Crippen LogP contribution is 2.41. The van der Waals surface area contributed by atoms with Crippen LogP contribution in [0.15, 0.2) is 143 Å². The Hall–Kier alpha value is -4.54. The summed E-state index contributed by atoms with van der Waals surface area (Å²) in [5.41, 5.74) is 3.57. The third kappa shape index (κ3) is 12.2. The number of aryl methyl sites for hydroxylation is 1. The van der Waals surface area contributed by atoms with Crippen molar-refractivity contribution >= 4 is 21.9 Å². The molecule has 5 rings (SSSR count). The Labute approximate surface area is 331 Å². The van der Waals surface area contributed by atoms with Crippen molar-refractivity contribution in [1.29, 1.82) is 0 Å². The van der Waals surface area contributed by atoms with E-state index in [0.29, 0.717) is 46.1 Å². The molecule has 0 amide bonds. The van der Waals surface area contributed by atoms with Gasteiger partial charge in [0.1, 0.15) is 34.9 Å². The smallest absolute Gasteiger partial charge is 0.340 e. The lowest BCUT2D eigenvalue weighted by Gasteiger charge is -2.21. The summed E-state index contributed by atoms with van der Waals surface area (Å²) in [4.78, 5) is 1.36. The van der Waals surface area contributed by atoms with Gasteiger partial charge in [-0.3, -0.25) is 0 Å². The molecule has 9 heteroatoms. The zero-order valence-corrected chi connectivity index (χ0v) is 33.5. The van der Waals surface area contributed by atoms with E-state index in [0.717, 1.165) is 61.3 Å². The Bertz CT molecular complexity index is 2050. The van der Waals surface area contributed by atoms with Crippen molar-refractivity contribution in [1.82, 2.24) is 0 Å². The standard InChI is InChI=1S/C46H52O7S2/c1-4-7-14-30-50-31-15-16-35-21-27-43(52-29-6-3)42(33-35)46(47)41-20-13-12-19-40(41)36-22-28-44(54-39-25-23-37(24-26-39)51-32-8-5-2)45(34-36)55(48,49)53-38-17-10-9-11-18-38/h6,9-13,17-28,33-34,46-47H,3-5,7-8,14-16,29-32H2,1-2H3. The zero-order valence-electron chi connectivity index (χ0n) is 31.8. The second-order valence-corrected chi connectivity index (χ2v) is 15.8. The fraction of sp³-hybridized carbons (Fsp3) is 0.304. The molecule has 0 aliphatic heterocycles. The van der Waals surface area contributed by atoms with Gasteiger partial charge in [-0.15, -0.1) is 0 Å². The van der Waals surface area contributed by atoms with Crippen LogP contribution in [0.4, 0.5) is 0 Å². The Morgan fingerprint density at radius 2 is 1.47 bits per heavy atom. The van der Waals surface area contributed by atoms with Crippen LogP contribution in [0.1, 0.15) is 75.2 Å². The molecular formula is C46H52O7S2. The first-order chi connectivity index (χ1) is 26.8. The van der Waals surface area contributed by atoms with Crippen LogP contribution >= 0.6 is 11.8 Å². The van der Waals surface area contributed by atoms with Gasteiger partial charge in [-0.1, -0.05) is 112 Å². The number of hydrogen-bond acceptors (Lipinski definition) is 8. The topological polar surface area (TPSA) is 91.3 Å². The molecule has 0 aliphatic rings. The fourth-order valence-electron chi connectivity index (χ4n) is 6.02. The van der Waals surface area contributed by atoms with E-state index in [-0.39, 0.29) is 17.3 Å². The van der Waals surface area contributed by atoms with Crippen molar-refractivity contribution in [3.63, 3.8) is 0 Å². The lowest BCUT2D eigenvalue weighted by atomic mass is 9.91. The van der Waals surface area contributed by atoms with Crippen molar-refractivity contribution in [2.45, 2.75) is 79.6 Å². The van der Waals surface area contributed by atoms with E-state index in [1.54, 1.807) is 48.5 Å². The molecule has 0 bridgehead atoms. The number of benzene rings is 5. The van der Waals surface area contributed by atoms with E-state index < -0.39 is 16.2 Å². The van der Waals surface area contributed by atoms with Crippen LogP contribution in [0.5, 0.6) is 17.2 Å². The highest BCUT2D eigenvalue weighted by atomic mass is 32.2. The molecule has 1 unspecified atom stereocenters. The van der Waals surface area contributed by atoms with Crippen molar-refractivity contribution < 1.29 is 31.9 Å². The van der Waals surface area contributed by atoms with Gasteiger partial charge in [0.05, 0.1) is 6.61 Å². The monoisotopic (exact) mass is 780 g/mol. The van der Waals surface area contributed by atoms with Crippen molar-refractivity contribution in [2.75, 3.05) is 26.4 Å². The molecule has 5 aromatic rings. The Morgan fingerprint density at radius 3 is 2.24 bits per heavy atom. The molecule has 1 atom stereocenters. The summed E-state index contributed by atoms with van der Waals surface area (Å²) in [6.07, 6.45) is 7.65. The average molecular weight is 781 g/mol. The molecule has 0 aliphatic carbocycles. The van der Waals surface area contributed by atoms with Gasteiger partial charge < -0.3 is 23.5 Å². The van der Waals surface area contributed by atoms with Crippen LogP contribution in [0.2, 0.25) is 0 Å². The highest BCUT2D eigenvalue weighted by Gasteiger charge is 2.25. The third-order valence-corrected chi connectivity index (χ3v) is 11.4. The van der Waals surface area contributed by atoms with Crippen LogP contribution < -0.4 is 13.7 Å². The minimum atomic E-state index is -4.29. The summed E-state index contributed by atoms with van der Waals surface area (Å²) >= 11 is 1.33. The van der Waals surface area contributed by atoms with E-state index >= 15 is 0 Å². The Morgan fingerprint density at radius 1 is 0.727 bits per heavy atom. The van der Waals surface area contributed by atoms with Crippen molar-refractivity contribution in [3.05, 3.63) is 145 Å². The molecule has 0 aromatic heterocycles. The minimum absolute atomic E-state index is 0.0142. The minimum Gasteiger partial charge on any atom is -0.494 e. The molecule has 0 fully saturated rings. The number of ether oxygens (including phenoxy) is 3. The van der Waals surface area contributed by atoms with E-state index in [9.17, 15) is 13.5 Å². The van der Waals surface area contributed by atoms with Gasteiger partial charge in [0.15, 0.2) is 0 Å². The molecule has 1 N–H and O–H groups in total. The summed E-state index contributed by atoms with van der Waals surface area (Å²) in [7, 11) is -4.29. The number of rotatable bonds is 23. The molecule has 0 saturated carbocycles. The Kier molecular flexibility index (Phi) is 16.3. The van der Waals surface area contributed by atoms with E-state index in [4.69, 9.17) is 18.4 Å². The van der Waals surface area contributed by atoms with Crippen LogP contribution in [0.25, 0.3) is 11.1 Å². The summed E-state index contributed by atoms with van der Waals surface area (Å²) < 4.78 is 51.5. The summed E-state index contributed by atoms with van der Waals surface area (Å²) in [5, 5.41) is 12.1. The molecule has 55 heavy (non-hydrogen) atoms. The van der Waals surface area contributed by atoms with Crippen LogP contribution in [-0.2, 0) is 21.3 Å². The molecule has 290 valence electrons. The van der Waals surface area contributed by atoms with Gasteiger partial charge in [0.2, 0.25) is 0 Å². The fourth-order valence-corrected chi connectivity index (χ4v) is 8.31. The normalized spacial score (nSPS) is 11.9. The third-order valence-electron chi connectivity index (χ3n) is 8.92. The zero-order chi connectivity index (χ0) is 38.9. The van der Waals surface area contributed by atoms with Gasteiger partial charge in [0, 0.05) is 28.6 Å². The molecule has 5 aromatic carbocycles. The lowest BCUT2D eigenvalue weighted by molar-refractivity contribution is 0.128. The summed E-state index contributed by atoms with van der Waals surface area (Å²) in [6, 6.07) is 34.8. The largest absolute Gasteiger partial charge is 0.494 e. The maximum absolute atomic E-state index is 14.1. The van der Waals surface area contributed by atoms with Crippen LogP contribution in [0.3, 0.4) is 0 Å². The van der Waals surface area contributed by atoms with Crippen LogP contribution in [0, 0.1) is 0 Å². The molecule has 0 saturated heterocycles. The van der Waals surface area contributed by atoms with E-state index in [2.05, 4.69) is 20.4 Å². The second kappa shape index (κ2) is 21.5. The molecule has 7 nitrogen and oxygen atoms in total. The van der Waals surface area contributed by atoms with Crippen molar-refractivity contribution in [2.24, 2.45) is 0 Å². The molecular weight excluding hydrogens is 729 g/mol. The van der Waals surface area contributed by atoms with Crippen molar-refractivity contribution in [3.8, 4) is 28.4 Å². The van der Waals surface area contributed by atoms with Gasteiger partial charge >= 0.3 is 10.1 Å². The summed E-state index contributed by atoms with van der Waals surface area (Å²) in [5.74, 6) is 1.53. The van der Waals surface area contributed by atoms with Gasteiger partial charge in [-0.05, 0) is 109 Å². The predicted molar refractivity (Wildman–Crippen MR) is 222 cm³/mol. The lowest BCUT2D eigenvalue weighted by Crippen LogP contribution is -2.11. The highest BCUT2D eigenvalue weighted by molar-refractivity contribution is 8.00. The molecule has 0 heterocycles. The first kappa shape index (κ1) is 41.6. The first-order valence-electron chi connectivity index (χ1n) is 19.1. The van der Waals surface area contributed by atoms with E-state index in [1.165, 1.54) is 18.2 Å². The van der Waals surface area contributed by atoms with E-state index in [1.807, 2.05) is 72.8 Å². The Balaban J connectivity index is 1.48. The SMILES string of the molecule is C=CCOc1ccc(CCCOCCCCC)cc1C(O)c1ccccc1-c1ccc(Sc2ccc(OCCCC)cc2)c(S(=O)(=O)Oc2ccccc2)c1. The molecule has 0 spiro atoms. The number of unbranched alkanes of at least 4 members (excludes halogenated alkanes) is 3. The number of aliphatic hydroxyl groups is 1. The number of hydrogen-bond donors (Lipinski definition) is 1. The maximum Gasteiger partial charge on any atom is 0.340 e. The number of aliphatic hydroxyl groups excluding tert-OH is 1. The maximum atomic E-state index is 14.1. The average Bonchev–Trinajstić information content (AvgIpc) is 3.20. The predicted octanol–water partition coefficient (Wildman–Crippen LogP) is 11.2. The van der Waals surface area contributed by atoms with Gasteiger partial charge in [-0.25, -0.2) is 0 Å². The quantitative estimate of drug-likeness (QED) is 0.0398. The molecule has 0 radical (unpaired) electrons.